The van der Waals surface area contributed by atoms with Gasteiger partial charge in [0.25, 0.3) is 0 Å². The van der Waals surface area contributed by atoms with Crippen molar-refractivity contribution in [2.75, 3.05) is 18.4 Å². The summed E-state index contributed by atoms with van der Waals surface area (Å²) in [5.41, 5.74) is 2.90. The number of benzene rings is 2. The molecule has 0 aromatic heterocycles. The van der Waals surface area contributed by atoms with Gasteiger partial charge in [-0.25, -0.2) is 0 Å². The molecule has 4 heteroatoms. The van der Waals surface area contributed by atoms with Gasteiger partial charge in [-0.2, -0.15) is 5.26 Å². The van der Waals surface area contributed by atoms with Crippen LogP contribution in [0.5, 0.6) is 0 Å². The van der Waals surface area contributed by atoms with Crippen molar-refractivity contribution in [3.05, 3.63) is 65.7 Å². The Morgan fingerprint density at radius 1 is 1.15 bits per heavy atom. The molecule has 2 aromatic rings. The highest BCUT2D eigenvalue weighted by molar-refractivity contribution is 5.92. The van der Waals surface area contributed by atoms with Crippen molar-refractivity contribution in [2.24, 2.45) is 5.92 Å². The molecule has 4 nitrogen and oxygen atoms in total. The highest BCUT2D eigenvalue weighted by Crippen LogP contribution is 2.47. The number of piperidine rings is 1. The minimum absolute atomic E-state index is 0.0241. The number of rotatable bonds is 5. The van der Waals surface area contributed by atoms with E-state index in [9.17, 15) is 10.1 Å². The van der Waals surface area contributed by atoms with Gasteiger partial charge in [-0.05, 0) is 55.5 Å². The number of amides is 1. The molecule has 0 spiro atoms. The smallest absolute Gasteiger partial charge is 0.228 e. The van der Waals surface area contributed by atoms with Crippen LogP contribution in [0.25, 0.3) is 0 Å². The van der Waals surface area contributed by atoms with E-state index in [1.807, 2.05) is 30.3 Å². The molecule has 1 saturated heterocycles. The van der Waals surface area contributed by atoms with Crippen LogP contribution in [-0.4, -0.2) is 23.9 Å². The Hall–Kier alpha value is -2.64. The molecule has 1 atom stereocenters. The first-order valence-corrected chi connectivity index (χ1v) is 9.77. The van der Waals surface area contributed by atoms with E-state index in [0.29, 0.717) is 0 Å². The summed E-state index contributed by atoms with van der Waals surface area (Å²) < 4.78 is 0. The van der Waals surface area contributed by atoms with E-state index in [-0.39, 0.29) is 17.2 Å². The molecule has 1 saturated carbocycles. The minimum atomic E-state index is -0.274. The van der Waals surface area contributed by atoms with Crippen LogP contribution in [0.4, 0.5) is 5.69 Å². The van der Waals surface area contributed by atoms with Gasteiger partial charge in [-0.15, -0.1) is 0 Å². The van der Waals surface area contributed by atoms with Gasteiger partial charge in [0.15, 0.2) is 0 Å². The Bertz CT molecular complexity index is 834. The van der Waals surface area contributed by atoms with Crippen LogP contribution in [0.15, 0.2) is 54.6 Å². The number of anilines is 1. The average molecular weight is 359 g/mol. The first kappa shape index (κ1) is 17.8. The third-order valence-corrected chi connectivity index (χ3v) is 5.79. The summed E-state index contributed by atoms with van der Waals surface area (Å²) in [5.74, 6) is 0.123. The second-order valence-electron chi connectivity index (χ2n) is 7.82. The number of hydrogen-bond acceptors (Lipinski definition) is 3. The van der Waals surface area contributed by atoms with Gasteiger partial charge in [0.1, 0.15) is 0 Å². The molecule has 2 aromatic carbocycles. The summed E-state index contributed by atoms with van der Waals surface area (Å²) in [6.07, 6.45) is 3.87. The molecule has 1 unspecified atom stereocenters. The molecule has 0 bridgehead atoms. The third-order valence-electron chi connectivity index (χ3n) is 5.79. The summed E-state index contributed by atoms with van der Waals surface area (Å²) in [6.45, 7) is 2.75. The Kier molecular flexibility index (Phi) is 4.96. The fourth-order valence-electron chi connectivity index (χ4n) is 3.96. The molecule has 1 heterocycles. The van der Waals surface area contributed by atoms with E-state index in [1.54, 1.807) is 0 Å². The molecule has 2 fully saturated rings. The molecular weight excluding hydrogens is 334 g/mol. The van der Waals surface area contributed by atoms with Crippen molar-refractivity contribution < 1.29 is 4.79 Å². The summed E-state index contributed by atoms with van der Waals surface area (Å²) in [4.78, 5) is 15.1. The third kappa shape index (κ3) is 4.04. The van der Waals surface area contributed by atoms with Crippen molar-refractivity contribution in [1.29, 1.82) is 5.26 Å². The Labute approximate surface area is 160 Å². The van der Waals surface area contributed by atoms with Gasteiger partial charge < -0.3 is 5.32 Å². The summed E-state index contributed by atoms with van der Waals surface area (Å²) in [7, 11) is 0. The van der Waals surface area contributed by atoms with Gasteiger partial charge in [-0.3, -0.25) is 9.69 Å². The molecule has 1 amide bonds. The maximum atomic E-state index is 12.7. The number of carbonyl (C=O) groups is 1. The Morgan fingerprint density at radius 2 is 1.89 bits per heavy atom. The van der Waals surface area contributed by atoms with Crippen LogP contribution in [0.2, 0.25) is 0 Å². The van der Waals surface area contributed by atoms with E-state index in [2.05, 4.69) is 40.6 Å². The first-order valence-electron chi connectivity index (χ1n) is 9.77. The number of nitriles is 1. The molecule has 2 aliphatic rings. The summed E-state index contributed by atoms with van der Waals surface area (Å²) in [6, 6.07) is 20.7. The van der Waals surface area contributed by atoms with Crippen LogP contribution in [0, 0.1) is 17.2 Å². The number of nitrogens with zero attached hydrogens (tertiary/aromatic N) is 2. The van der Waals surface area contributed by atoms with Crippen LogP contribution in [-0.2, 0) is 16.8 Å². The minimum Gasteiger partial charge on any atom is -0.326 e. The fourth-order valence-corrected chi connectivity index (χ4v) is 3.96. The topological polar surface area (TPSA) is 56.1 Å². The predicted molar refractivity (Wildman–Crippen MR) is 106 cm³/mol. The second kappa shape index (κ2) is 7.54. The Morgan fingerprint density at radius 3 is 2.56 bits per heavy atom. The lowest BCUT2D eigenvalue weighted by Crippen LogP contribution is -2.40. The maximum Gasteiger partial charge on any atom is 0.228 e. The number of nitrogens with one attached hydrogen (secondary N) is 1. The highest BCUT2D eigenvalue weighted by atomic mass is 16.1. The maximum absolute atomic E-state index is 12.7. The number of likely N-dealkylation sites (tertiary alicyclic amines) is 1. The van der Waals surface area contributed by atoms with Crippen LogP contribution >= 0.6 is 0 Å². The highest BCUT2D eigenvalue weighted by Gasteiger charge is 2.44. The van der Waals surface area contributed by atoms with E-state index in [0.717, 1.165) is 56.6 Å². The number of hydrogen-bond donors (Lipinski definition) is 1. The van der Waals surface area contributed by atoms with Gasteiger partial charge in [0, 0.05) is 18.8 Å². The van der Waals surface area contributed by atoms with E-state index in [4.69, 9.17) is 0 Å². The van der Waals surface area contributed by atoms with Gasteiger partial charge in [0.05, 0.1) is 17.4 Å². The van der Waals surface area contributed by atoms with E-state index >= 15 is 0 Å². The van der Waals surface area contributed by atoms with Crippen molar-refractivity contribution in [3.63, 3.8) is 0 Å². The van der Waals surface area contributed by atoms with Crippen molar-refractivity contribution in [3.8, 4) is 6.07 Å². The van der Waals surface area contributed by atoms with Crippen LogP contribution in [0.1, 0.15) is 36.8 Å². The lowest BCUT2D eigenvalue weighted by Gasteiger charge is -2.32. The van der Waals surface area contributed by atoms with Gasteiger partial charge in [0.2, 0.25) is 5.91 Å². The fraction of sp³-hybridized carbons (Fsp3) is 0.391. The van der Waals surface area contributed by atoms with Crippen LogP contribution in [0.3, 0.4) is 0 Å². The SMILES string of the molecule is N#CC1(c2ccc(NC(=O)C3CCCN(Cc4ccccc4)C3)cc2)CC1. The van der Waals surface area contributed by atoms with Crippen molar-refractivity contribution in [2.45, 2.75) is 37.6 Å². The molecule has 4 rings (SSSR count). The molecule has 0 radical (unpaired) electrons. The zero-order valence-electron chi connectivity index (χ0n) is 15.5. The van der Waals surface area contributed by atoms with Crippen molar-refractivity contribution >= 4 is 11.6 Å². The standard InChI is InChI=1S/C23H25N3O/c24-17-23(12-13-23)20-8-10-21(11-9-20)25-22(27)19-7-4-14-26(16-19)15-18-5-2-1-3-6-18/h1-3,5-6,8-11,19H,4,7,12-16H2,(H,25,27). The van der Waals surface area contributed by atoms with Crippen molar-refractivity contribution in [1.82, 2.24) is 4.90 Å². The van der Waals surface area contributed by atoms with Crippen LogP contribution < -0.4 is 5.32 Å². The van der Waals surface area contributed by atoms with E-state index in [1.165, 1.54) is 5.56 Å². The molecule has 1 aliphatic carbocycles. The average Bonchev–Trinajstić information content (AvgIpc) is 3.51. The zero-order chi connectivity index (χ0) is 18.7. The zero-order valence-corrected chi connectivity index (χ0v) is 15.5. The molecule has 1 N–H and O–H groups in total. The Balaban J connectivity index is 1.34. The number of carbonyl (C=O) groups excluding carboxylic acids is 1. The van der Waals surface area contributed by atoms with E-state index < -0.39 is 0 Å². The lowest BCUT2D eigenvalue weighted by molar-refractivity contribution is -0.121. The molecular formula is C23H25N3O. The summed E-state index contributed by atoms with van der Waals surface area (Å²) >= 11 is 0. The largest absolute Gasteiger partial charge is 0.326 e. The molecule has 1 aliphatic heterocycles. The first-order chi connectivity index (χ1) is 13.2. The van der Waals surface area contributed by atoms with Gasteiger partial charge in [-0.1, -0.05) is 42.5 Å². The molecule has 138 valence electrons. The lowest BCUT2D eigenvalue weighted by atomic mass is 9.96. The van der Waals surface area contributed by atoms with Gasteiger partial charge >= 0.3 is 0 Å². The predicted octanol–water partition coefficient (Wildman–Crippen LogP) is 4.09. The quantitative estimate of drug-likeness (QED) is 0.875. The summed E-state index contributed by atoms with van der Waals surface area (Å²) in [5, 5.41) is 12.4. The molecule has 27 heavy (non-hydrogen) atoms. The normalized spacial score (nSPS) is 21.2. The second-order valence-corrected chi connectivity index (χ2v) is 7.82. The monoisotopic (exact) mass is 359 g/mol.